The summed E-state index contributed by atoms with van der Waals surface area (Å²) in [5, 5.41) is 4.55. The third-order valence-electron chi connectivity index (χ3n) is 3.60. The highest BCUT2D eigenvalue weighted by atomic mass is 15.0. The molecule has 3 rings (SSSR count). The van der Waals surface area contributed by atoms with Gasteiger partial charge in [-0.2, -0.15) is 0 Å². The molecule has 0 atom stereocenters. The summed E-state index contributed by atoms with van der Waals surface area (Å²) >= 11 is 0. The molecule has 20 heavy (non-hydrogen) atoms. The quantitative estimate of drug-likeness (QED) is 0.768. The van der Waals surface area contributed by atoms with Gasteiger partial charge in [0.2, 0.25) is 0 Å². The van der Waals surface area contributed by atoms with Crippen LogP contribution in [-0.2, 0) is 19.5 Å². The molecule has 0 amide bonds. The molecule has 0 unspecified atom stereocenters. The van der Waals surface area contributed by atoms with E-state index in [1.807, 2.05) is 25.5 Å². The Morgan fingerprint density at radius 3 is 2.90 bits per heavy atom. The van der Waals surface area contributed by atoms with Crippen molar-refractivity contribution in [2.24, 2.45) is 0 Å². The van der Waals surface area contributed by atoms with Gasteiger partial charge in [-0.25, -0.2) is 0 Å². The second-order valence-corrected chi connectivity index (χ2v) is 5.01. The molecule has 3 aromatic rings. The predicted octanol–water partition coefficient (Wildman–Crippen LogP) is 3.00. The van der Waals surface area contributed by atoms with Crippen LogP contribution < -0.4 is 5.32 Å². The molecule has 0 aliphatic rings. The molecule has 0 fully saturated rings. The van der Waals surface area contributed by atoms with Crippen molar-refractivity contribution in [3.05, 3.63) is 66.1 Å². The van der Waals surface area contributed by atoms with Crippen LogP contribution in [0.1, 0.15) is 11.1 Å². The number of aryl methyl sites for hydroxylation is 2. The molecule has 0 spiro atoms. The van der Waals surface area contributed by atoms with Crippen LogP contribution in [0, 0.1) is 0 Å². The number of benzene rings is 1. The monoisotopic (exact) mass is 265 g/mol. The van der Waals surface area contributed by atoms with Crippen molar-refractivity contribution >= 4 is 10.9 Å². The number of hydrogen-bond acceptors (Lipinski definition) is 2. The zero-order valence-corrected chi connectivity index (χ0v) is 11.7. The fraction of sp³-hybridized carbons (Fsp3) is 0.235. The number of rotatable bonds is 5. The molecule has 2 aromatic heterocycles. The number of aromatic nitrogens is 2. The van der Waals surface area contributed by atoms with Crippen molar-refractivity contribution in [2.45, 2.75) is 19.5 Å². The molecular weight excluding hydrogens is 246 g/mol. The van der Waals surface area contributed by atoms with Gasteiger partial charge in [-0.3, -0.25) is 4.98 Å². The van der Waals surface area contributed by atoms with E-state index < -0.39 is 0 Å². The average molecular weight is 265 g/mol. The number of pyridine rings is 1. The smallest absolute Gasteiger partial charge is 0.0525 e. The lowest BCUT2D eigenvalue weighted by molar-refractivity contribution is 0.714. The normalized spacial score (nSPS) is 11.1. The Labute approximate surface area is 119 Å². The Morgan fingerprint density at radius 1 is 1.15 bits per heavy atom. The lowest BCUT2D eigenvalue weighted by atomic mass is 10.1. The van der Waals surface area contributed by atoms with Crippen LogP contribution >= 0.6 is 0 Å². The van der Waals surface area contributed by atoms with Gasteiger partial charge >= 0.3 is 0 Å². The molecule has 3 heteroatoms. The summed E-state index contributed by atoms with van der Waals surface area (Å²) in [7, 11) is 1.99. The van der Waals surface area contributed by atoms with E-state index in [1.165, 1.54) is 22.0 Å². The third-order valence-corrected chi connectivity index (χ3v) is 3.60. The number of para-hydroxylation sites is 1. The summed E-state index contributed by atoms with van der Waals surface area (Å²) in [6.45, 7) is 1.88. The van der Waals surface area contributed by atoms with Crippen LogP contribution in [0.25, 0.3) is 10.9 Å². The highest BCUT2D eigenvalue weighted by Gasteiger charge is 2.06. The summed E-state index contributed by atoms with van der Waals surface area (Å²) in [6, 6.07) is 12.8. The van der Waals surface area contributed by atoms with E-state index in [2.05, 4.69) is 51.4 Å². The van der Waals surface area contributed by atoms with Crippen LogP contribution in [0.3, 0.4) is 0 Å². The molecule has 1 N–H and O–H groups in total. The van der Waals surface area contributed by atoms with Gasteiger partial charge in [0.05, 0.1) is 5.52 Å². The summed E-state index contributed by atoms with van der Waals surface area (Å²) in [5.41, 5.74) is 3.97. The fourth-order valence-electron chi connectivity index (χ4n) is 2.66. The molecule has 0 bridgehead atoms. The number of fused-ring (bicyclic) bond motifs is 1. The van der Waals surface area contributed by atoms with Crippen LogP contribution in [0.15, 0.2) is 55.0 Å². The second kappa shape index (κ2) is 5.88. The second-order valence-electron chi connectivity index (χ2n) is 5.01. The Kier molecular flexibility index (Phi) is 3.79. The lowest BCUT2D eigenvalue weighted by Crippen LogP contribution is -2.08. The van der Waals surface area contributed by atoms with E-state index in [0.29, 0.717) is 0 Å². The molecule has 102 valence electrons. The predicted molar refractivity (Wildman–Crippen MR) is 82.6 cm³/mol. The first kappa shape index (κ1) is 12.9. The van der Waals surface area contributed by atoms with Crippen molar-refractivity contribution in [1.29, 1.82) is 0 Å². The maximum Gasteiger partial charge on any atom is 0.0525 e. The lowest BCUT2D eigenvalue weighted by Gasteiger charge is -2.10. The van der Waals surface area contributed by atoms with Crippen molar-refractivity contribution in [2.75, 3.05) is 7.05 Å². The third kappa shape index (κ3) is 2.58. The Balaban J connectivity index is 1.88. The maximum atomic E-state index is 4.17. The topological polar surface area (TPSA) is 29.9 Å². The van der Waals surface area contributed by atoms with Crippen molar-refractivity contribution in [3.63, 3.8) is 0 Å². The minimum absolute atomic E-state index is 0.897. The summed E-state index contributed by atoms with van der Waals surface area (Å²) in [5.74, 6) is 0. The van der Waals surface area contributed by atoms with Gasteiger partial charge in [0.25, 0.3) is 0 Å². The van der Waals surface area contributed by atoms with Crippen LogP contribution in [0.4, 0.5) is 0 Å². The van der Waals surface area contributed by atoms with Crippen molar-refractivity contribution in [3.8, 4) is 0 Å². The van der Waals surface area contributed by atoms with E-state index >= 15 is 0 Å². The van der Waals surface area contributed by atoms with Crippen molar-refractivity contribution in [1.82, 2.24) is 14.9 Å². The van der Waals surface area contributed by atoms with Gasteiger partial charge in [0.15, 0.2) is 0 Å². The molecule has 1 aromatic carbocycles. The minimum atomic E-state index is 0.897. The molecule has 0 saturated heterocycles. The molecule has 0 aliphatic heterocycles. The first-order chi connectivity index (χ1) is 9.88. The molecule has 0 aliphatic carbocycles. The molecule has 0 saturated carbocycles. The van der Waals surface area contributed by atoms with Gasteiger partial charge < -0.3 is 9.88 Å². The summed E-state index contributed by atoms with van der Waals surface area (Å²) < 4.78 is 2.34. The Hall–Kier alpha value is -2.13. The zero-order valence-electron chi connectivity index (χ0n) is 11.7. The molecular formula is C17H19N3. The number of nitrogens with zero attached hydrogens (tertiary/aromatic N) is 2. The fourth-order valence-corrected chi connectivity index (χ4v) is 2.66. The summed E-state index contributed by atoms with van der Waals surface area (Å²) in [6.07, 6.45) is 6.95. The van der Waals surface area contributed by atoms with Crippen LogP contribution in [0.2, 0.25) is 0 Å². The van der Waals surface area contributed by atoms with Gasteiger partial charge in [0, 0.05) is 31.7 Å². The van der Waals surface area contributed by atoms with Gasteiger partial charge in [-0.15, -0.1) is 0 Å². The van der Waals surface area contributed by atoms with E-state index in [9.17, 15) is 0 Å². The van der Waals surface area contributed by atoms with Crippen molar-refractivity contribution < 1.29 is 0 Å². The largest absolute Gasteiger partial charge is 0.347 e. The SMILES string of the molecule is CNCc1cccc2ccn(CCc3cccnc3)c12. The Morgan fingerprint density at radius 2 is 2.10 bits per heavy atom. The van der Waals surface area contributed by atoms with Gasteiger partial charge in [0.1, 0.15) is 0 Å². The number of hydrogen-bond donors (Lipinski definition) is 1. The zero-order chi connectivity index (χ0) is 13.8. The maximum absolute atomic E-state index is 4.17. The first-order valence-corrected chi connectivity index (χ1v) is 6.99. The highest BCUT2D eigenvalue weighted by Crippen LogP contribution is 2.20. The van der Waals surface area contributed by atoms with E-state index in [1.54, 1.807) is 0 Å². The minimum Gasteiger partial charge on any atom is -0.347 e. The Bertz CT molecular complexity index is 686. The van der Waals surface area contributed by atoms with E-state index in [4.69, 9.17) is 0 Å². The van der Waals surface area contributed by atoms with E-state index in [0.717, 1.165) is 19.5 Å². The first-order valence-electron chi connectivity index (χ1n) is 6.99. The highest BCUT2D eigenvalue weighted by molar-refractivity contribution is 5.83. The summed E-state index contributed by atoms with van der Waals surface area (Å²) in [4.78, 5) is 4.17. The average Bonchev–Trinajstić information content (AvgIpc) is 2.91. The molecule has 3 nitrogen and oxygen atoms in total. The van der Waals surface area contributed by atoms with Crippen LogP contribution in [-0.4, -0.2) is 16.6 Å². The van der Waals surface area contributed by atoms with Gasteiger partial charge in [-0.05, 0) is 42.1 Å². The van der Waals surface area contributed by atoms with Crippen LogP contribution in [0.5, 0.6) is 0 Å². The number of nitrogens with one attached hydrogen (secondary N) is 1. The molecule has 2 heterocycles. The van der Waals surface area contributed by atoms with E-state index in [-0.39, 0.29) is 0 Å². The van der Waals surface area contributed by atoms with Gasteiger partial charge in [-0.1, -0.05) is 24.3 Å². The standard InChI is InChI=1S/C17H19N3/c1-18-13-16-6-2-5-15-8-11-20(17(15)16)10-7-14-4-3-9-19-12-14/h2-6,8-9,11-12,18H,7,10,13H2,1H3. The molecule has 0 radical (unpaired) electrons.